The van der Waals surface area contributed by atoms with Crippen LogP contribution in [-0.4, -0.2) is 15.7 Å². The maximum atomic E-state index is 11.8. The Morgan fingerprint density at radius 1 is 1.58 bits per heavy atom. The molecule has 5 nitrogen and oxygen atoms in total. The van der Waals surface area contributed by atoms with Crippen molar-refractivity contribution in [3.8, 4) is 0 Å². The Bertz CT molecular complexity index is 584. The number of aromatic nitrogens is 2. The second-order valence-electron chi connectivity index (χ2n) is 5.29. The van der Waals surface area contributed by atoms with Crippen LogP contribution in [0.15, 0.2) is 29.0 Å². The lowest BCUT2D eigenvalue weighted by Crippen LogP contribution is -2.26. The lowest BCUT2D eigenvalue weighted by molar-refractivity contribution is -0.117. The van der Waals surface area contributed by atoms with E-state index in [0.717, 1.165) is 17.1 Å². The largest absolute Gasteiger partial charge is 0.467 e. The topological polar surface area (TPSA) is 60.1 Å². The molecule has 0 saturated heterocycles. The molecule has 0 aromatic carbocycles. The molecule has 3 rings (SSSR count). The molecular weight excluding hydrogens is 242 g/mol. The van der Waals surface area contributed by atoms with E-state index in [4.69, 9.17) is 4.42 Å². The number of furan rings is 1. The van der Waals surface area contributed by atoms with Gasteiger partial charge in [-0.3, -0.25) is 4.79 Å². The monoisotopic (exact) mass is 259 g/mol. The van der Waals surface area contributed by atoms with Crippen LogP contribution in [-0.2, 0) is 11.3 Å². The van der Waals surface area contributed by atoms with Gasteiger partial charge in [0.2, 0.25) is 5.91 Å². The first-order chi connectivity index (χ1) is 9.15. The van der Waals surface area contributed by atoms with Crippen LogP contribution in [0.3, 0.4) is 0 Å². The zero-order valence-electron chi connectivity index (χ0n) is 11.1. The van der Waals surface area contributed by atoms with E-state index >= 15 is 0 Å². The van der Waals surface area contributed by atoms with E-state index < -0.39 is 0 Å². The number of amides is 1. The van der Waals surface area contributed by atoms with Crippen molar-refractivity contribution in [3.05, 3.63) is 35.9 Å². The maximum Gasteiger partial charge on any atom is 0.226 e. The third-order valence-electron chi connectivity index (χ3n) is 3.62. The van der Waals surface area contributed by atoms with Crippen LogP contribution < -0.4 is 5.32 Å². The average Bonchev–Trinajstić information content (AvgIpc) is 2.99. The van der Waals surface area contributed by atoms with Gasteiger partial charge >= 0.3 is 0 Å². The average molecular weight is 259 g/mol. The lowest BCUT2D eigenvalue weighted by atomic mass is 9.85. The highest BCUT2D eigenvalue weighted by atomic mass is 16.3. The summed E-state index contributed by atoms with van der Waals surface area (Å²) in [6.07, 6.45) is 4.04. The molecule has 0 bridgehead atoms. The van der Waals surface area contributed by atoms with Gasteiger partial charge in [0.25, 0.3) is 0 Å². The molecule has 1 N–H and O–H groups in total. The highest BCUT2D eigenvalue weighted by Gasteiger charge is 2.30. The van der Waals surface area contributed by atoms with Crippen molar-refractivity contribution in [2.45, 2.75) is 32.7 Å². The molecule has 2 aromatic rings. The summed E-state index contributed by atoms with van der Waals surface area (Å²) in [4.78, 5) is 11.8. The Hall–Kier alpha value is -2.04. The Morgan fingerprint density at radius 3 is 3.11 bits per heavy atom. The number of hydrogen-bond donors (Lipinski definition) is 1. The van der Waals surface area contributed by atoms with Crippen LogP contribution in [0.2, 0.25) is 0 Å². The van der Waals surface area contributed by atoms with E-state index in [0.29, 0.717) is 18.9 Å². The van der Waals surface area contributed by atoms with Crippen LogP contribution in [0.25, 0.3) is 0 Å². The van der Waals surface area contributed by atoms with E-state index in [2.05, 4.69) is 24.3 Å². The highest BCUT2D eigenvalue weighted by Crippen LogP contribution is 2.37. The number of anilines is 1. The predicted molar refractivity (Wildman–Crippen MR) is 70.9 cm³/mol. The second-order valence-corrected chi connectivity index (χ2v) is 5.29. The van der Waals surface area contributed by atoms with Crippen molar-refractivity contribution in [2.24, 2.45) is 5.92 Å². The van der Waals surface area contributed by atoms with E-state index in [-0.39, 0.29) is 11.8 Å². The molecule has 1 amide bonds. The van der Waals surface area contributed by atoms with Crippen LogP contribution >= 0.6 is 0 Å². The third kappa shape index (κ3) is 2.16. The number of hydrogen-bond acceptors (Lipinski definition) is 3. The Morgan fingerprint density at radius 2 is 2.42 bits per heavy atom. The van der Waals surface area contributed by atoms with Gasteiger partial charge in [-0.05, 0) is 18.1 Å². The normalized spacial score (nSPS) is 18.5. The minimum Gasteiger partial charge on any atom is -0.467 e. The zero-order valence-corrected chi connectivity index (χ0v) is 11.1. The minimum atomic E-state index is 0.0624. The fourth-order valence-electron chi connectivity index (χ4n) is 2.57. The molecule has 0 aliphatic carbocycles. The quantitative estimate of drug-likeness (QED) is 0.921. The highest BCUT2D eigenvalue weighted by molar-refractivity contribution is 5.93. The summed E-state index contributed by atoms with van der Waals surface area (Å²) in [7, 11) is 0. The van der Waals surface area contributed by atoms with Crippen molar-refractivity contribution in [1.82, 2.24) is 9.78 Å². The van der Waals surface area contributed by atoms with Crippen molar-refractivity contribution < 1.29 is 9.21 Å². The molecule has 19 heavy (non-hydrogen) atoms. The molecule has 0 radical (unpaired) electrons. The maximum absolute atomic E-state index is 11.8. The first kappa shape index (κ1) is 12.0. The van der Waals surface area contributed by atoms with Crippen LogP contribution in [0.5, 0.6) is 0 Å². The molecule has 0 spiro atoms. The Balaban J connectivity index is 1.95. The van der Waals surface area contributed by atoms with Crippen LogP contribution in [0.4, 0.5) is 5.82 Å². The van der Waals surface area contributed by atoms with Gasteiger partial charge in [-0.1, -0.05) is 13.8 Å². The van der Waals surface area contributed by atoms with Gasteiger partial charge in [0.15, 0.2) is 0 Å². The number of rotatable bonds is 3. The summed E-state index contributed by atoms with van der Waals surface area (Å²) in [5.74, 6) is 2.37. The number of carbonyl (C=O) groups excluding carboxylic acids is 1. The lowest BCUT2D eigenvalue weighted by Gasteiger charge is -2.25. The van der Waals surface area contributed by atoms with Gasteiger partial charge in [-0.25, -0.2) is 4.68 Å². The summed E-state index contributed by atoms with van der Waals surface area (Å²) in [6, 6.07) is 3.75. The van der Waals surface area contributed by atoms with Gasteiger partial charge < -0.3 is 9.73 Å². The third-order valence-corrected chi connectivity index (χ3v) is 3.62. The predicted octanol–water partition coefficient (Wildman–Crippen LogP) is 2.61. The van der Waals surface area contributed by atoms with E-state index in [1.807, 2.05) is 18.3 Å². The van der Waals surface area contributed by atoms with Crippen molar-refractivity contribution in [3.63, 3.8) is 0 Å². The molecule has 0 saturated carbocycles. The molecule has 3 heterocycles. The molecule has 2 aromatic heterocycles. The van der Waals surface area contributed by atoms with Gasteiger partial charge in [-0.2, -0.15) is 5.10 Å². The molecule has 1 atom stereocenters. The zero-order chi connectivity index (χ0) is 13.4. The van der Waals surface area contributed by atoms with Crippen LogP contribution in [0, 0.1) is 5.92 Å². The summed E-state index contributed by atoms with van der Waals surface area (Å²) < 4.78 is 7.12. The fraction of sp³-hybridized carbons (Fsp3) is 0.429. The van der Waals surface area contributed by atoms with Crippen LogP contribution in [0.1, 0.15) is 37.5 Å². The fourth-order valence-corrected chi connectivity index (χ4v) is 2.57. The number of nitrogens with one attached hydrogen (secondary N) is 1. The van der Waals surface area contributed by atoms with E-state index in [1.165, 1.54) is 0 Å². The second kappa shape index (κ2) is 4.57. The van der Waals surface area contributed by atoms with Gasteiger partial charge in [0, 0.05) is 17.9 Å². The molecular formula is C14H17N3O2. The molecule has 100 valence electrons. The van der Waals surface area contributed by atoms with E-state index in [1.54, 1.807) is 10.9 Å². The molecule has 0 fully saturated rings. The van der Waals surface area contributed by atoms with Crippen molar-refractivity contribution >= 4 is 11.7 Å². The minimum absolute atomic E-state index is 0.0624. The summed E-state index contributed by atoms with van der Waals surface area (Å²) in [5, 5.41) is 7.31. The summed E-state index contributed by atoms with van der Waals surface area (Å²) in [6.45, 7) is 4.81. The van der Waals surface area contributed by atoms with E-state index in [9.17, 15) is 4.79 Å². The van der Waals surface area contributed by atoms with Gasteiger partial charge in [0.1, 0.15) is 18.1 Å². The Labute approximate surface area is 111 Å². The standard InChI is InChI=1S/C14H17N3O2/c1-9(2)11-6-13(18)16-14-12(11)7-15-17(14)8-10-4-3-5-19-10/h3-5,7,9,11H,6,8H2,1-2H3,(H,16,18)/t11-/m0/s1. The van der Waals surface area contributed by atoms with Gasteiger partial charge in [-0.15, -0.1) is 0 Å². The Kier molecular flexibility index (Phi) is 2.89. The summed E-state index contributed by atoms with van der Waals surface area (Å²) >= 11 is 0. The first-order valence-electron chi connectivity index (χ1n) is 6.53. The molecule has 0 unspecified atom stereocenters. The molecule has 5 heteroatoms. The van der Waals surface area contributed by atoms with Gasteiger partial charge in [0.05, 0.1) is 12.5 Å². The smallest absolute Gasteiger partial charge is 0.226 e. The summed E-state index contributed by atoms with van der Waals surface area (Å²) in [5.41, 5.74) is 1.13. The number of nitrogens with zero attached hydrogens (tertiary/aromatic N) is 2. The number of fused-ring (bicyclic) bond motifs is 1. The van der Waals surface area contributed by atoms with Crippen molar-refractivity contribution in [1.29, 1.82) is 0 Å². The molecule has 1 aliphatic heterocycles. The first-order valence-corrected chi connectivity index (χ1v) is 6.53. The molecule has 1 aliphatic rings. The van der Waals surface area contributed by atoms with Crippen molar-refractivity contribution in [2.75, 3.05) is 5.32 Å². The number of carbonyl (C=O) groups is 1. The SMILES string of the molecule is CC(C)[C@@H]1CC(=O)Nc2c1cnn2Cc1ccco1.